The molecule has 0 aliphatic rings. The van der Waals surface area contributed by atoms with E-state index in [1.54, 1.807) is 48.5 Å². The van der Waals surface area contributed by atoms with Crippen LogP contribution in [0.5, 0.6) is 5.75 Å². The van der Waals surface area contributed by atoms with Crippen molar-refractivity contribution in [2.24, 2.45) is 0 Å². The van der Waals surface area contributed by atoms with Crippen LogP contribution in [0.25, 0.3) is 6.08 Å². The molecule has 96 valence electrons. The number of carbonyl (C=O) groups excluding carboxylic acids is 1. The summed E-state index contributed by atoms with van der Waals surface area (Å²) < 4.78 is 0. The highest BCUT2D eigenvalue weighted by Gasteiger charge is 1.99. The molecule has 0 fully saturated rings. The minimum atomic E-state index is -0.303. The van der Waals surface area contributed by atoms with Gasteiger partial charge >= 0.3 is 0 Å². The first-order valence-corrected chi connectivity index (χ1v) is 5.92. The molecule has 1 heterocycles. The summed E-state index contributed by atoms with van der Waals surface area (Å²) in [5.41, 5.74) is 0.812. The Labute approximate surface area is 115 Å². The molecule has 5 heteroatoms. The van der Waals surface area contributed by atoms with Crippen LogP contribution < -0.4 is 5.32 Å². The quantitative estimate of drug-likeness (QED) is 0.668. The molecule has 0 atom stereocenters. The number of halogens is 1. The molecule has 0 saturated heterocycles. The molecule has 0 saturated carbocycles. The second-order valence-corrected chi connectivity index (χ2v) is 4.15. The smallest absolute Gasteiger partial charge is 0.249 e. The van der Waals surface area contributed by atoms with Crippen LogP contribution in [0, 0.1) is 0 Å². The van der Waals surface area contributed by atoms with Crippen molar-refractivity contribution in [2.75, 3.05) is 5.32 Å². The van der Waals surface area contributed by atoms with Gasteiger partial charge in [-0.3, -0.25) is 4.79 Å². The second kappa shape index (κ2) is 6.02. The lowest BCUT2D eigenvalue weighted by atomic mass is 10.2. The van der Waals surface area contributed by atoms with E-state index in [4.69, 9.17) is 16.7 Å². The zero-order chi connectivity index (χ0) is 13.7. The Kier molecular flexibility index (Phi) is 4.15. The summed E-state index contributed by atoms with van der Waals surface area (Å²) in [5.74, 6) is 0.278. The third-order valence-electron chi connectivity index (χ3n) is 2.29. The fourth-order valence-corrected chi connectivity index (χ4v) is 1.57. The molecule has 1 aromatic carbocycles. The van der Waals surface area contributed by atoms with Crippen molar-refractivity contribution in [3.63, 3.8) is 0 Å². The van der Waals surface area contributed by atoms with Crippen LogP contribution >= 0.6 is 11.6 Å². The standard InChI is InChI=1S/C14H11ClN2O2/c15-12-2-1-3-13(16-12)17-14(19)9-6-10-4-7-11(18)8-5-10/h1-9,18H,(H,16,17,19)/b9-6+. The second-order valence-electron chi connectivity index (χ2n) is 3.76. The summed E-state index contributed by atoms with van der Waals surface area (Å²) >= 11 is 5.71. The average molecular weight is 275 g/mol. The molecule has 1 aromatic heterocycles. The Morgan fingerprint density at radius 1 is 1.21 bits per heavy atom. The number of anilines is 1. The fourth-order valence-electron chi connectivity index (χ4n) is 1.40. The molecule has 1 amide bonds. The number of phenolic OH excluding ortho intramolecular Hbond substituents is 1. The Bertz CT molecular complexity index is 609. The SMILES string of the molecule is O=C(/C=C/c1ccc(O)cc1)Nc1cccc(Cl)n1. The number of rotatable bonds is 3. The predicted molar refractivity (Wildman–Crippen MR) is 75.0 cm³/mol. The number of phenols is 1. The Hall–Kier alpha value is -2.33. The van der Waals surface area contributed by atoms with Gasteiger partial charge in [-0.1, -0.05) is 29.8 Å². The van der Waals surface area contributed by atoms with Gasteiger partial charge in [-0.25, -0.2) is 4.98 Å². The number of aromatic nitrogens is 1. The monoisotopic (exact) mass is 274 g/mol. The third-order valence-corrected chi connectivity index (χ3v) is 2.50. The number of pyridine rings is 1. The average Bonchev–Trinajstić information content (AvgIpc) is 2.38. The van der Waals surface area contributed by atoms with Crippen LogP contribution in [0.3, 0.4) is 0 Å². The molecule has 19 heavy (non-hydrogen) atoms. The maximum absolute atomic E-state index is 11.6. The Balaban J connectivity index is 1.99. The van der Waals surface area contributed by atoms with Crippen LogP contribution in [0.2, 0.25) is 5.15 Å². The van der Waals surface area contributed by atoms with E-state index in [9.17, 15) is 4.79 Å². The predicted octanol–water partition coefficient (Wildman–Crippen LogP) is 3.09. The van der Waals surface area contributed by atoms with Gasteiger partial charge in [0.25, 0.3) is 0 Å². The van der Waals surface area contributed by atoms with Gasteiger partial charge in [0, 0.05) is 6.08 Å². The number of benzene rings is 1. The topological polar surface area (TPSA) is 62.2 Å². The molecule has 4 nitrogen and oxygen atoms in total. The first-order chi connectivity index (χ1) is 9.13. The van der Waals surface area contributed by atoms with Gasteiger partial charge in [0.15, 0.2) is 0 Å². The lowest BCUT2D eigenvalue weighted by molar-refractivity contribution is -0.111. The number of amides is 1. The molecule has 0 aliphatic heterocycles. The van der Waals surface area contributed by atoms with E-state index in [1.165, 1.54) is 6.08 Å². The van der Waals surface area contributed by atoms with Crippen molar-refractivity contribution in [1.82, 2.24) is 4.98 Å². The highest BCUT2D eigenvalue weighted by Crippen LogP contribution is 2.11. The fraction of sp³-hybridized carbons (Fsp3) is 0. The molecule has 0 radical (unpaired) electrons. The molecule has 0 aliphatic carbocycles. The largest absolute Gasteiger partial charge is 0.508 e. The maximum atomic E-state index is 11.6. The van der Waals surface area contributed by atoms with Crippen molar-refractivity contribution in [1.29, 1.82) is 0 Å². The van der Waals surface area contributed by atoms with Gasteiger partial charge in [0.05, 0.1) is 0 Å². The lowest BCUT2D eigenvalue weighted by Crippen LogP contribution is -2.08. The van der Waals surface area contributed by atoms with Crippen LogP contribution in [-0.4, -0.2) is 16.0 Å². The van der Waals surface area contributed by atoms with Crippen LogP contribution in [0.1, 0.15) is 5.56 Å². The van der Waals surface area contributed by atoms with Crippen LogP contribution in [0.15, 0.2) is 48.5 Å². The van der Waals surface area contributed by atoms with Crippen molar-refractivity contribution >= 4 is 29.4 Å². The number of hydrogen-bond acceptors (Lipinski definition) is 3. The van der Waals surface area contributed by atoms with Crippen molar-refractivity contribution < 1.29 is 9.90 Å². The Morgan fingerprint density at radius 3 is 2.63 bits per heavy atom. The van der Waals surface area contributed by atoms with E-state index in [0.29, 0.717) is 11.0 Å². The van der Waals surface area contributed by atoms with E-state index in [1.807, 2.05) is 0 Å². The lowest BCUT2D eigenvalue weighted by Gasteiger charge is -2.00. The molecule has 0 bridgehead atoms. The van der Waals surface area contributed by atoms with Crippen molar-refractivity contribution in [3.8, 4) is 5.75 Å². The zero-order valence-corrected chi connectivity index (χ0v) is 10.6. The van der Waals surface area contributed by atoms with E-state index in [2.05, 4.69) is 10.3 Å². The van der Waals surface area contributed by atoms with Crippen molar-refractivity contribution in [3.05, 3.63) is 59.3 Å². The molecule has 2 N–H and O–H groups in total. The van der Waals surface area contributed by atoms with E-state index in [0.717, 1.165) is 5.56 Å². The number of nitrogens with one attached hydrogen (secondary N) is 1. The molecular formula is C14H11ClN2O2. The highest BCUT2D eigenvalue weighted by molar-refractivity contribution is 6.29. The van der Waals surface area contributed by atoms with E-state index in [-0.39, 0.29) is 11.7 Å². The summed E-state index contributed by atoms with van der Waals surface area (Å²) in [6, 6.07) is 11.5. The minimum absolute atomic E-state index is 0.185. The number of nitrogens with zero attached hydrogens (tertiary/aromatic N) is 1. The normalized spacial score (nSPS) is 10.6. The molecule has 0 spiro atoms. The van der Waals surface area contributed by atoms with Gasteiger partial charge in [0.1, 0.15) is 16.7 Å². The van der Waals surface area contributed by atoms with Crippen LogP contribution in [-0.2, 0) is 4.79 Å². The molecular weight excluding hydrogens is 264 g/mol. The zero-order valence-electron chi connectivity index (χ0n) is 9.88. The van der Waals surface area contributed by atoms with Crippen LogP contribution in [0.4, 0.5) is 5.82 Å². The third kappa shape index (κ3) is 4.12. The Morgan fingerprint density at radius 2 is 1.95 bits per heavy atom. The van der Waals surface area contributed by atoms with Gasteiger partial charge in [-0.05, 0) is 35.9 Å². The summed E-state index contributed by atoms with van der Waals surface area (Å²) in [7, 11) is 0. The number of aromatic hydroxyl groups is 1. The highest BCUT2D eigenvalue weighted by atomic mass is 35.5. The van der Waals surface area contributed by atoms with Gasteiger partial charge in [-0.2, -0.15) is 0 Å². The number of hydrogen-bond donors (Lipinski definition) is 2. The molecule has 2 rings (SSSR count). The minimum Gasteiger partial charge on any atom is -0.508 e. The van der Waals surface area contributed by atoms with E-state index >= 15 is 0 Å². The van der Waals surface area contributed by atoms with Gasteiger partial charge in [0.2, 0.25) is 5.91 Å². The van der Waals surface area contributed by atoms with E-state index < -0.39 is 0 Å². The summed E-state index contributed by atoms with van der Waals surface area (Å²) in [4.78, 5) is 15.6. The maximum Gasteiger partial charge on any atom is 0.249 e. The first-order valence-electron chi connectivity index (χ1n) is 5.54. The summed E-state index contributed by atoms with van der Waals surface area (Å²) in [6.07, 6.45) is 3.02. The summed E-state index contributed by atoms with van der Waals surface area (Å²) in [6.45, 7) is 0. The van der Waals surface area contributed by atoms with Gasteiger partial charge in [-0.15, -0.1) is 0 Å². The summed E-state index contributed by atoms with van der Waals surface area (Å²) in [5, 5.41) is 12.0. The number of carbonyl (C=O) groups is 1. The molecule has 0 unspecified atom stereocenters. The molecule has 2 aromatic rings. The van der Waals surface area contributed by atoms with Gasteiger partial charge < -0.3 is 10.4 Å². The van der Waals surface area contributed by atoms with Crippen molar-refractivity contribution in [2.45, 2.75) is 0 Å². The first kappa shape index (κ1) is 13.1.